The molecule has 2 saturated heterocycles. The molecule has 344 valence electrons. The first-order chi connectivity index (χ1) is 29.3. The number of nitrogens with zero attached hydrogens (tertiary/aromatic N) is 4. The summed E-state index contributed by atoms with van der Waals surface area (Å²) in [7, 11) is 0. The minimum absolute atomic E-state index is 0.0149. The van der Waals surface area contributed by atoms with Gasteiger partial charge in [0.05, 0.1) is 35.8 Å². The van der Waals surface area contributed by atoms with Crippen LogP contribution in [0.25, 0.3) is 0 Å². The topological polar surface area (TPSA) is 67.8 Å². The Kier molecular flexibility index (Phi) is 20.2. The van der Waals surface area contributed by atoms with E-state index in [1.54, 1.807) is 0 Å². The average Bonchev–Trinajstić information content (AvgIpc) is 3.19. The van der Waals surface area contributed by atoms with Gasteiger partial charge in [0.1, 0.15) is 12.1 Å². The monoisotopic (exact) mass is 851 g/mol. The van der Waals surface area contributed by atoms with Crippen molar-refractivity contribution in [1.29, 1.82) is 0 Å². The Bertz CT molecular complexity index is 1640. The number of aromatic nitrogens is 2. The largest absolute Gasteiger partial charge is 0.373 e. The van der Waals surface area contributed by atoms with Gasteiger partial charge in [0, 0.05) is 49.7 Å². The lowest BCUT2D eigenvalue weighted by Crippen LogP contribution is -2.55. The third-order valence-electron chi connectivity index (χ3n) is 12.7. The Hall–Kier alpha value is -3.07. The van der Waals surface area contributed by atoms with Gasteiger partial charge in [0.15, 0.2) is 5.78 Å². The zero-order chi connectivity index (χ0) is 45.4. The number of unbranched alkanes of at least 4 members (excludes halogenated alkanes) is 12. The van der Waals surface area contributed by atoms with E-state index >= 15 is 4.79 Å². The molecule has 0 amide bonds. The molecule has 2 fully saturated rings. The summed E-state index contributed by atoms with van der Waals surface area (Å²) in [5.74, 6) is 5.92. The minimum atomic E-state index is -0.715. The van der Waals surface area contributed by atoms with Crippen LogP contribution in [-0.4, -0.2) is 76.1 Å². The normalized spacial score (nSPS) is 18.2. The van der Waals surface area contributed by atoms with E-state index in [9.17, 15) is 0 Å². The maximum absolute atomic E-state index is 15.8. The lowest BCUT2D eigenvalue weighted by atomic mass is 9.89. The second-order valence-electron chi connectivity index (χ2n) is 22.3. The standard InChI is InChI=1S/C55H86N4O3/c1-13-45-37-43(29-25-21-17-15-19-23-27-31-52(3,4)5)39-56-47(45)49(58-33-35-61-54(9,10)41-58)51(60)50(59-34-36-62-55(11,12)42-59)48-46(14-2)38-44(40-57-48)30-26-22-18-16-20-24-28-32-53(6,7)8/h1-2,37-40,49-50H,15-36,41-42H2,3-12H3. The van der Waals surface area contributed by atoms with Gasteiger partial charge in [-0.2, -0.15) is 0 Å². The molecule has 4 rings (SSSR count). The second-order valence-corrected chi connectivity index (χ2v) is 22.3. The molecule has 2 atom stereocenters. The van der Waals surface area contributed by atoms with Gasteiger partial charge in [0.25, 0.3) is 0 Å². The number of carbonyl (C=O) groups excluding carboxylic acids is 1. The van der Waals surface area contributed by atoms with Gasteiger partial charge in [0.2, 0.25) is 0 Å². The van der Waals surface area contributed by atoms with Gasteiger partial charge in [-0.25, -0.2) is 0 Å². The molecule has 2 unspecified atom stereocenters. The first-order valence-electron chi connectivity index (χ1n) is 24.5. The van der Waals surface area contributed by atoms with E-state index in [1.165, 1.54) is 89.9 Å². The Morgan fingerprint density at radius 3 is 1.27 bits per heavy atom. The van der Waals surface area contributed by atoms with Crippen LogP contribution in [-0.2, 0) is 27.1 Å². The SMILES string of the molecule is C#Cc1cc(CCCCCCCCCC(C)(C)C)cnc1C(C(=O)C(c1ncc(CCCCCCCCCC(C)(C)C)cc1C#C)N1CCOC(C)(C)C1)N1CCOC(C)(C)C1. The van der Waals surface area contributed by atoms with Crippen molar-refractivity contribution >= 4 is 5.78 Å². The molecule has 0 N–H and O–H groups in total. The number of aryl methyl sites for hydroxylation is 2. The number of rotatable bonds is 24. The van der Waals surface area contributed by atoms with Crippen molar-refractivity contribution < 1.29 is 14.3 Å². The number of morpholine rings is 2. The number of hydrogen-bond acceptors (Lipinski definition) is 7. The number of ether oxygens (including phenoxy) is 2. The molecule has 2 aliphatic heterocycles. The van der Waals surface area contributed by atoms with E-state index in [1.807, 2.05) is 12.4 Å². The molecular formula is C55H86N4O3. The van der Waals surface area contributed by atoms with E-state index < -0.39 is 23.3 Å². The van der Waals surface area contributed by atoms with Crippen LogP contribution in [0.2, 0.25) is 0 Å². The molecule has 0 aromatic carbocycles. The van der Waals surface area contributed by atoms with Crippen LogP contribution in [0.1, 0.15) is 218 Å². The van der Waals surface area contributed by atoms with Crippen molar-refractivity contribution in [3.8, 4) is 24.7 Å². The highest BCUT2D eigenvalue weighted by Crippen LogP contribution is 2.37. The molecule has 4 heterocycles. The Balaban J connectivity index is 1.55. The summed E-state index contributed by atoms with van der Waals surface area (Å²) in [6.45, 7) is 25.6. The smallest absolute Gasteiger partial charge is 0.179 e. The predicted molar refractivity (Wildman–Crippen MR) is 258 cm³/mol. The first-order valence-corrected chi connectivity index (χ1v) is 24.5. The van der Waals surface area contributed by atoms with E-state index in [-0.39, 0.29) is 5.78 Å². The van der Waals surface area contributed by atoms with Crippen LogP contribution in [0.3, 0.4) is 0 Å². The molecule has 0 saturated carbocycles. The summed E-state index contributed by atoms with van der Waals surface area (Å²) < 4.78 is 12.4. The number of pyridine rings is 2. The van der Waals surface area contributed by atoms with Crippen LogP contribution in [0.4, 0.5) is 0 Å². The van der Waals surface area contributed by atoms with Crippen LogP contribution in [0, 0.1) is 35.5 Å². The van der Waals surface area contributed by atoms with Crippen LogP contribution in [0.15, 0.2) is 24.5 Å². The highest BCUT2D eigenvalue weighted by Gasteiger charge is 2.45. The van der Waals surface area contributed by atoms with Gasteiger partial charge in [-0.3, -0.25) is 24.6 Å². The van der Waals surface area contributed by atoms with Crippen molar-refractivity contribution in [2.75, 3.05) is 39.4 Å². The predicted octanol–water partition coefficient (Wildman–Crippen LogP) is 12.4. The van der Waals surface area contributed by atoms with Gasteiger partial charge in [-0.05, 0) is 100 Å². The van der Waals surface area contributed by atoms with E-state index in [0.29, 0.717) is 72.7 Å². The highest BCUT2D eigenvalue weighted by atomic mass is 16.5. The van der Waals surface area contributed by atoms with Crippen molar-refractivity contribution in [3.05, 3.63) is 58.2 Å². The summed E-state index contributed by atoms with van der Waals surface area (Å²) >= 11 is 0. The third-order valence-corrected chi connectivity index (χ3v) is 12.7. The molecule has 2 aliphatic rings. The third kappa shape index (κ3) is 17.5. The molecule has 7 nitrogen and oxygen atoms in total. The zero-order valence-electron chi connectivity index (χ0n) is 41.1. The average molecular weight is 851 g/mol. The summed E-state index contributed by atoms with van der Waals surface area (Å²) in [4.78, 5) is 30.4. The summed E-state index contributed by atoms with van der Waals surface area (Å²) in [5, 5.41) is 0. The van der Waals surface area contributed by atoms with Crippen LogP contribution < -0.4 is 0 Å². The number of carbonyl (C=O) groups is 1. The molecular weight excluding hydrogens is 765 g/mol. The quantitative estimate of drug-likeness (QED) is 0.0770. The minimum Gasteiger partial charge on any atom is -0.373 e. The summed E-state index contributed by atoms with van der Waals surface area (Å²) in [6.07, 6.45) is 38.5. The molecule has 7 heteroatoms. The number of Topliss-reactive ketones (excluding diaryl/α,β-unsaturated/α-hetero) is 1. The van der Waals surface area contributed by atoms with Crippen LogP contribution >= 0.6 is 0 Å². The molecule has 0 radical (unpaired) electrons. The lowest BCUT2D eigenvalue weighted by Gasteiger charge is -2.45. The Morgan fingerprint density at radius 1 is 0.613 bits per heavy atom. The van der Waals surface area contributed by atoms with Gasteiger partial charge < -0.3 is 9.47 Å². The van der Waals surface area contributed by atoms with Crippen molar-refractivity contribution in [1.82, 2.24) is 19.8 Å². The Labute approximate surface area is 379 Å². The number of terminal acetylenes is 2. The van der Waals surface area contributed by atoms with Crippen molar-refractivity contribution in [2.24, 2.45) is 10.8 Å². The molecule has 62 heavy (non-hydrogen) atoms. The van der Waals surface area contributed by atoms with Crippen molar-refractivity contribution in [2.45, 2.75) is 208 Å². The zero-order valence-corrected chi connectivity index (χ0v) is 41.1. The maximum Gasteiger partial charge on any atom is 0.179 e. The Morgan fingerprint density at radius 2 is 0.952 bits per heavy atom. The van der Waals surface area contributed by atoms with Gasteiger partial charge in [-0.1, -0.05) is 130 Å². The molecule has 0 bridgehead atoms. The molecule has 0 aliphatic carbocycles. The van der Waals surface area contributed by atoms with Gasteiger partial charge in [-0.15, -0.1) is 12.8 Å². The molecule has 0 spiro atoms. The molecule has 2 aromatic heterocycles. The highest BCUT2D eigenvalue weighted by molar-refractivity contribution is 5.91. The number of ketones is 1. The maximum atomic E-state index is 15.8. The summed E-state index contributed by atoms with van der Waals surface area (Å²) in [5.41, 5.74) is 4.79. The van der Waals surface area contributed by atoms with E-state index in [2.05, 4.69) is 103 Å². The lowest BCUT2D eigenvalue weighted by molar-refractivity contribution is -0.145. The molecule has 2 aromatic rings. The van der Waals surface area contributed by atoms with E-state index in [0.717, 1.165) is 36.8 Å². The first kappa shape index (κ1) is 51.6. The summed E-state index contributed by atoms with van der Waals surface area (Å²) in [6, 6.07) is 2.77. The fourth-order valence-corrected chi connectivity index (χ4v) is 9.39. The van der Waals surface area contributed by atoms with Crippen molar-refractivity contribution in [3.63, 3.8) is 0 Å². The van der Waals surface area contributed by atoms with E-state index in [4.69, 9.17) is 32.3 Å². The second kappa shape index (κ2) is 24.3. The van der Waals surface area contributed by atoms with Crippen LogP contribution in [0.5, 0.6) is 0 Å². The fourth-order valence-electron chi connectivity index (χ4n) is 9.39. The fraction of sp³-hybridized carbons (Fsp3) is 0.727. The number of hydrogen-bond donors (Lipinski definition) is 0. The van der Waals surface area contributed by atoms with Gasteiger partial charge >= 0.3 is 0 Å².